The lowest BCUT2D eigenvalue weighted by Gasteiger charge is -2.29. The Bertz CT molecular complexity index is 923. The van der Waals surface area contributed by atoms with Crippen LogP contribution in [-0.2, 0) is 22.0 Å². The van der Waals surface area contributed by atoms with Crippen molar-refractivity contribution >= 4 is 32.8 Å². The van der Waals surface area contributed by atoms with Crippen LogP contribution in [0.15, 0.2) is 28.6 Å². The minimum Gasteiger partial charge on any atom is -0.326 e. The molecule has 0 spiro atoms. The van der Waals surface area contributed by atoms with Gasteiger partial charge in [-0.15, -0.1) is 11.3 Å². The molecule has 9 heteroatoms. The van der Waals surface area contributed by atoms with Gasteiger partial charge in [0.2, 0.25) is 0 Å². The predicted molar refractivity (Wildman–Crippen MR) is 120 cm³/mol. The highest BCUT2D eigenvalue weighted by Crippen LogP contribution is 2.28. The molecule has 1 aliphatic carbocycles. The van der Waals surface area contributed by atoms with Crippen molar-refractivity contribution in [2.45, 2.75) is 74.1 Å². The zero-order chi connectivity index (χ0) is 21.6. The monoisotopic (exact) mass is 473 g/mol. The van der Waals surface area contributed by atoms with E-state index in [0.29, 0.717) is 28.1 Å². The van der Waals surface area contributed by atoms with Gasteiger partial charge in [0, 0.05) is 28.7 Å². The van der Waals surface area contributed by atoms with Crippen molar-refractivity contribution in [1.29, 1.82) is 0 Å². The maximum absolute atomic E-state index is 14.6. The number of benzene rings is 1. The van der Waals surface area contributed by atoms with E-state index in [4.69, 9.17) is 17.3 Å². The first-order chi connectivity index (χ1) is 14.4. The van der Waals surface area contributed by atoms with E-state index in [1.54, 1.807) is 5.38 Å². The number of sulfone groups is 1. The van der Waals surface area contributed by atoms with Gasteiger partial charge in [-0.3, -0.25) is 0 Å². The third-order valence-corrected chi connectivity index (χ3v) is 8.53. The van der Waals surface area contributed by atoms with Crippen molar-refractivity contribution < 1.29 is 12.8 Å². The van der Waals surface area contributed by atoms with Gasteiger partial charge in [0.05, 0.1) is 0 Å². The number of nitrogens with two attached hydrogens (primary N) is 1. The maximum atomic E-state index is 14.6. The van der Waals surface area contributed by atoms with Crippen molar-refractivity contribution in [3.05, 3.63) is 45.1 Å². The minimum absolute atomic E-state index is 0.255. The number of rotatable bonds is 10. The Morgan fingerprint density at radius 1 is 1.23 bits per heavy atom. The van der Waals surface area contributed by atoms with Crippen LogP contribution >= 0.6 is 22.9 Å². The average Bonchev–Trinajstić information content (AvgIpc) is 3.20. The van der Waals surface area contributed by atoms with Gasteiger partial charge in [0.25, 0.3) is 0 Å². The summed E-state index contributed by atoms with van der Waals surface area (Å²) in [5, 5.41) is 5.96. The first-order valence-corrected chi connectivity index (χ1v) is 13.4. The Hall–Kier alpha value is -1.06. The fourth-order valence-electron chi connectivity index (χ4n) is 3.88. The Morgan fingerprint density at radius 2 is 2.03 bits per heavy atom. The number of nitrogens with zero attached hydrogens (tertiary/aromatic N) is 1. The molecule has 0 bridgehead atoms. The molecule has 1 aromatic carbocycles. The fraction of sp³-hybridized carbons (Fsp3) is 0.571. The lowest BCUT2D eigenvalue weighted by atomic mass is 9.91. The minimum atomic E-state index is -3.83. The number of nitrogens with one attached hydrogen (secondary N) is 1. The average molecular weight is 474 g/mol. The number of aromatic nitrogens is 1. The van der Waals surface area contributed by atoms with Crippen LogP contribution in [0.4, 0.5) is 4.39 Å². The van der Waals surface area contributed by atoms with Gasteiger partial charge < -0.3 is 11.1 Å². The molecule has 30 heavy (non-hydrogen) atoms. The van der Waals surface area contributed by atoms with Crippen LogP contribution in [-0.4, -0.2) is 32.0 Å². The highest BCUT2D eigenvalue weighted by atomic mass is 35.5. The number of unbranched alkanes of at least 4 members (excludes halogenated alkanes) is 2. The summed E-state index contributed by atoms with van der Waals surface area (Å²) in [5.74, 6) is -1.08. The molecule has 0 amide bonds. The van der Waals surface area contributed by atoms with Gasteiger partial charge in [-0.25, -0.2) is 17.8 Å². The molecule has 1 fully saturated rings. The van der Waals surface area contributed by atoms with E-state index >= 15 is 0 Å². The molecular formula is C21H29ClFN3O2S2. The molecule has 2 atom stereocenters. The van der Waals surface area contributed by atoms with Gasteiger partial charge in [0.1, 0.15) is 21.5 Å². The topological polar surface area (TPSA) is 85.1 Å². The van der Waals surface area contributed by atoms with Crippen LogP contribution in [0.5, 0.6) is 0 Å². The molecule has 2 aromatic rings. The lowest BCUT2D eigenvalue weighted by molar-refractivity contribution is 0.326. The van der Waals surface area contributed by atoms with Crippen molar-refractivity contribution in [2.24, 2.45) is 5.73 Å². The van der Waals surface area contributed by atoms with E-state index in [9.17, 15) is 12.8 Å². The number of hydrogen-bond donors (Lipinski definition) is 2. The molecule has 1 heterocycles. The van der Waals surface area contributed by atoms with Gasteiger partial charge in [-0.1, -0.05) is 30.9 Å². The van der Waals surface area contributed by atoms with Gasteiger partial charge in [0.15, 0.2) is 9.84 Å². The van der Waals surface area contributed by atoms with Crippen LogP contribution in [0, 0.1) is 5.82 Å². The standard InChI is InChI=1S/C21H29ClFN3O2S2/c22-16-13-20(30(27,28)14-21-26-10-11-29-21)17(23)12-15(16)6-2-1-5-9-25-19-8-4-3-7-18(19)24/h10-13,18-19,25H,1-9,14,24H2/t18-,19-/m1/s1. The number of hydrogen-bond acceptors (Lipinski definition) is 6. The third kappa shape index (κ3) is 6.47. The fourth-order valence-corrected chi connectivity index (χ4v) is 6.55. The van der Waals surface area contributed by atoms with E-state index in [2.05, 4.69) is 10.3 Å². The smallest absolute Gasteiger partial charge is 0.187 e. The Labute approximate surface area is 187 Å². The summed E-state index contributed by atoms with van der Waals surface area (Å²) in [6, 6.07) is 3.17. The number of halogens is 2. The second-order valence-electron chi connectivity index (χ2n) is 7.88. The molecule has 1 aromatic heterocycles. The molecule has 3 N–H and O–H groups in total. The van der Waals surface area contributed by atoms with Crippen molar-refractivity contribution in [3.63, 3.8) is 0 Å². The van der Waals surface area contributed by atoms with Crippen LogP contribution in [0.2, 0.25) is 5.02 Å². The molecule has 0 saturated heterocycles. The molecule has 0 aliphatic heterocycles. The summed E-state index contributed by atoms with van der Waals surface area (Å²) in [6.07, 6.45) is 9.72. The normalized spacial score (nSPS) is 19.8. The van der Waals surface area contributed by atoms with Gasteiger partial charge in [-0.2, -0.15) is 0 Å². The first kappa shape index (κ1) is 23.6. The lowest BCUT2D eigenvalue weighted by Crippen LogP contribution is -2.47. The Morgan fingerprint density at radius 3 is 2.77 bits per heavy atom. The van der Waals surface area contributed by atoms with E-state index in [-0.39, 0.29) is 16.7 Å². The summed E-state index contributed by atoms with van der Waals surface area (Å²) < 4.78 is 39.6. The van der Waals surface area contributed by atoms with Crippen molar-refractivity contribution in [2.75, 3.05) is 6.54 Å². The van der Waals surface area contributed by atoms with Crippen LogP contribution < -0.4 is 11.1 Å². The molecule has 1 saturated carbocycles. The number of thiazole rings is 1. The van der Waals surface area contributed by atoms with Crippen LogP contribution in [0.3, 0.4) is 0 Å². The Balaban J connectivity index is 1.48. The Kier molecular flexibility index (Phi) is 8.65. The van der Waals surface area contributed by atoms with E-state index in [1.165, 1.54) is 42.5 Å². The van der Waals surface area contributed by atoms with Crippen molar-refractivity contribution in [1.82, 2.24) is 10.3 Å². The third-order valence-electron chi connectivity index (χ3n) is 5.58. The van der Waals surface area contributed by atoms with Crippen LogP contribution in [0.25, 0.3) is 0 Å². The largest absolute Gasteiger partial charge is 0.326 e. The second-order valence-corrected chi connectivity index (χ2v) is 11.2. The molecular weight excluding hydrogens is 445 g/mol. The summed E-state index contributed by atoms with van der Waals surface area (Å²) in [6.45, 7) is 0.925. The SMILES string of the molecule is N[C@@H]1CCCC[C@H]1NCCCCCc1cc(F)c(S(=O)(=O)Cc2nccs2)cc1Cl. The predicted octanol–water partition coefficient (Wildman–Crippen LogP) is 4.48. The van der Waals surface area contributed by atoms with Crippen LogP contribution in [0.1, 0.15) is 55.5 Å². The molecule has 166 valence electrons. The summed E-state index contributed by atoms with van der Waals surface area (Å²) in [5.41, 5.74) is 6.79. The zero-order valence-corrected chi connectivity index (χ0v) is 19.3. The summed E-state index contributed by atoms with van der Waals surface area (Å²) in [7, 11) is -3.83. The molecule has 3 rings (SSSR count). The summed E-state index contributed by atoms with van der Waals surface area (Å²) >= 11 is 7.50. The quantitative estimate of drug-likeness (QED) is 0.497. The van der Waals surface area contributed by atoms with Gasteiger partial charge in [-0.05, 0) is 56.3 Å². The van der Waals surface area contributed by atoms with E-state index in [0.717, 1.165) is 38.6 Å². The molecule has 0 unspecified atom stereocenters. The highest BCUT2D eigenvalue weighted by molar-refractivity contribution is 7.90. The maximum Gasteiger partial charge on any atom is 0.187 e. The molecule has 5 nitrogen and oxygen atoms in total. The zero-order valence-electron chi connectivity index (χ0n) is 16.9. The first-order valence-electron chi connectivity index (χ1n) is 10.4. The van der Waals surface area contributed by atoms with Crippen molar-refractivity contribution in [3.8, 4) is 0 Å². The molecule has 0 radical (unpaired) electrons. The number of aryl methyl sites for hydroxylation is 1. The molecule has 1 aliphatic rings. The van der Waals surface area contributed by atoms with E-state index < -0.39 is 15.7 Å². The summed E-state index contributed by atoms with van der Waals surface area (Å²) in [4.78, 5) is 3.61. The highest BCUT2D eigenvalue weighted by Gasteiger charge is 2.23. The van der Waals surface area contributed by atoms with Gasteiger partial charge >= 0.3 is 0 Å². The second kappa shape index (κ2) is 11.0. The van der Waals surface area contributed by atoms with E-state index in [1.807, 2.05) is 0 Å².